The number of anilines is 1. The summed E-state index contributed by atoms with van der Waals surface area (Å²) >= 11 is 0. The first-order valence-corrected chi connectivity index (χ1v) is 9.64. The van der Waals surface area contributed by atoms with Crippen LogP contribution in [0.25, 0.3) is 0 Å². The van der Waals surface area contributed by atoms with Gasteiger partial charge in [-0.25, -0.2) is 0 Å². The van der Waals surface area contributed by atoms with E-state index in [9.17, 15) is 4.79 Å². The van der Waals surface area contributed by atoms with Crippen LogP contribution in [-0.2, 0) is 4.79 Å². The molecule has 1 heterocycles. The van der Waals surface area contributed by atoms with Crippen molar-refractivity contribution in [3.63, 3.8) is 0 Å². The Morgan fingerprint density at radius 3 is 2.46 bits per heavy atom. The molecular formula is C23H27NO2. The minimum absolute atomic E-state index is 0.0788. The summed E-state index contributed by atoms with van der Waals surface area (Å²) in [4.78, 5) is 15.6. The maximum atomic E-state index is 13.1. The monoisotopic (exact) mass is 349 g/mol. The van der Waals surface area contributed by atoms with Crippen LogP contribution in [0.3, 0.4) is 0 Å². The summed E-state index contributed by atoms with van der Waals surface area (Å²) in [6.45, 7) is 2.30. The van der Waals surface area contributed by atoms with Crippen LogP contribution in [0.1, 0.15) is 50.6 Å². The van der Waals surface area contributed by atoms with Crippen molar-refractivity contribution in [3.05, 3.63) is 60.2 Å². The zero-order valence-electron chi connectivity index (χ0n) is 15.7. The van der Waals surface area contributed by atoms with Crippen molar-refractivity contribution in [2.24, 2.45) is 5.92 Å². The van der Waals surface area contributed by atoms with Crippen molar-refractivity contribution in [1.29, 1.82) is 0 Å². The second-order valence-electron chi connectivity index (χ2n) is 7.82. The average Bonchev–Trinajstić information content (AvgIpc) is 2.68. The molecule has 1 saturated carbocycles. The number of piperidine rings is 1. The molecule has 4 rings (SSSR count). The minimum atomic E-state index is -0.112. The normalized spacial score (nSPS) is 28.5. The van der Waals surface area contributed by atoms with E-state index in [4.69, 9.17) is 4.74 Å². The third-order valence-corrected chi connectivity index (χ3v) is 6.36. The van der Waals surface area contributed by atoms with Crippen molar-refractivity contribution in [2.45, 2.75) is 50.6 Å². The molecular weight excluding hydrogens is 322 g/mol. The molecule has 2 fully saturated rings. The zero-order valence-corrected chi connectivity index (χ0v) is 15.7. The first-order chi connectivity index (χ1) is 12.6. The largest absolute Gasteiger partial charge is 0.497 e. The van der Waals surface area contributed by atoms with E-state index in [1.807, 2.05) is 12.1 Å². The third kappa shape index (κ3) is 2.80. The second-order valence-corrected chi connectivity index (χ2v) is 7.82. The van der Waals surface area contributed by atoms with Crippen LogP contribution in [0.2, 0.25) is 0 Å². The van der Waals surface area contributed by atoms with Gasteiger partial charge in [-0.1, -0.05) is 43.2 Å². The molecule has 0 aromatic heterocycles. The number of carbonyl (C=O) groups excluding carboxylic acids is 1. The number of ether oxygens (including phenoxy) is 1. The molecule has 2 aromatic carbocycles. The first-order valence-electron chi connectivity index (χ1n) is 9.64. The number of hydrogen-bond acceptors (Lipinski definition) is 3. The van der Waals surface area contributed by atoms with E-state index in [0.717, 1.165) is 18.6 Å². The molecule has 3 atom stereocenters. The first kappa shape index (κ1) is 17.1. The number of nitrogens with zero attached hydrogens (tertiary/aromatic N) is 1. The number of methoxy groups -OCH3 is 1. The number of ketones is 1. The van der Waals surface area contributed by atoms with Crippen LogP contribution in [0.15, 0.2) is 54.6 Å². The number of carbonyl (C=O) groups is 1. The van der Waals surface area contributed by atoms with E-state index >= 15 is 0 Å². The molecule has 1 saturated heterocycles. The Balaban J connectivity index is 1.81. The summed E-state index contributed by atoms with van der Waals surface area (Å²) < 4.78 is 5.31. The van der Waals surface area contributed by atoms with E-state index in [1.165, 1.54) is 24.1 Å². The van der Waals surface area contributed by atoms with Crippen molar-refractivity contribution in [3.8, 4) is 5.75 Å². The lowest BCUT2D eigenvalue weighted by Crippen LogP contribution is -2.61. The predicted octanol–water partition coefficient (Wildman–Crippen LogP) is 5.16. The molecule has 0 unspecified atom stereocenters. The van der Waals surface area contributed by atoms with E-state index in [0.29, 0.717) is 12.2 Å². The lowest BCUT2D eigenvalue weighted by atomic mass is 9.65. The van der Waals surface area contributed by atoms with Crippen molar-refractivity contribution in [2.75, 3.05) is 12.0 Å². The summed E-state index contributed by atoms with van der Waals surface area (Å²) in [5, 5.41) is 0. The van der Waals surface area contributed by atoms with Gasteiger partial charge in [0.1, 0.15) is 11.5 Å². The van der Waals surface area contributed by atoms with Crippen LogP contribution < -0.4 is 9.64 Å². The zero-order chi connectivity index (χ0) is 18.1. The summed E-state index contributed by atoms with van der Waals surface area (Å²) in [6.07, 6.45) is 5.04. The summed E-state index contributed by atoms with van der Waals surface area (Å²) in [6, 6.07) is 18.9. The van der Waals surface area contributed by atoms with Crippen LogP contribution >= 0.6 is 0 Å². The number of para-hydroxylation sites is 1. The molecule has 0 spiro atoms. The van der Waals surface area contributed by atoms with Gasteiger partial charge in [0.2, 0.25) is 0 Å². The van der Waals surface area contributed by atoms with Crippen LogP contribution in [0.5, 0.6) is 5.75 Å². The topological polar surface area (TPSA) is 29.5 Å². The SMILES string of the molecule is COc1ccc([C@@H]2CC(=O)[C@@H]3CCCC[C@]3(C)N2c2ccccc2)cc1. The van der Waals surface area contributed by atoms with Crippen molar-refractivity contribution in [1.82, 2.24) is 0 Å². The molecule has 2 aromatic rings. The van der Waals surface area contributed by atoms with Gasteiger partial charge in [0.15, 0.2) is 0 Å². The molecule has 3 heteroatoms. The molecule has 0 radical (unpaired) electrons. The maximum absolute atomic E-state index is 13.1. The lowest BCUT2D eigenvalue weighted by Gasteiger charge is -2.56. The fourth-order valence-electron chi connectivity index (χ4n) is 5.05. The van der Waals surface area contributed by atoms with E-state index in [-0.39, 0.29) is 17.5 Å². The smallest absolute Gasteiger partial charge is 0.140 e. The molecule has 2 aliphatic rings. The number of benzene rings is 2. The number of Topliss-reactive ketones (excluding diaryl/α,β-unsaturated/α-hetero) is 1. The van der Waals surface area contributed by atoms with Gasteiger partial charge in [-0.2, -0.15) is 0 Å². The fourth-order valence-corrected chi connectivity index (χ4v) is 5.05. The van der Waals surface area contributed by atoms with E-state index in [1.54, 1.807) is 7.11 Å². The van der Waals surface area contributed by atoms with E-state index in [2.05, 4.69) is 54.3 Å². The average molecular weight is 349 g/mol. The summed E-state index contributed by atoms with van der Waals surface area (Å²) in [5.74, 6) is 1.43. The Hall–Kier alpha value is -2.29. The molecule has 3 nitrogen and oxygen atoms in total. The minimum Gasteiger partial charge on any atom is -0.497 e. The molecule has 0 bridgehead atoms. The van der Waals surface area contributed by atoms with Gasteiger partial charge < -0.3 is 9.64 Å². The van der Waals surface area contributed by atoms with Gasteiger partial charge in [0.05, 0.1) is 13.2 Å². The van der Waals surface area contributed by atoms with Crippen LogP contribution in [0, 0.1) is 5.92 Å². The molecule has 0 N–H and O–H groups in total. The van der Waals surface area contributed by atoms with Gasteiger partial charge in [0, 0.05) is 23.6 Å². The molecule has 26 heavy (non-hydrogen) atoms. The Kier molecular flexibility index (Phi) is 4.47. The highest BCUT2D eigenvalue weighted by Gasteiger charge is 2.51. The van der Waals surface area contributed by atoms with Gasteiger partial charge in [-0.3, -0.25) is 4.79 Å². The Bertz CT molecular complexity index is 771. The van der Waals surface area contributed by atoms with Crippen molar-refractivity contribution < 1.29 is 9.53 Å². The van der Waals surface area contributed by atoms with E-state index < -0.39 is 0 Å². The van der Waals surface area contributed by atoms with Gasteiger partial charge in [0.25, 0.3) is 0 Å². The number of hydrogen-bond donors (Lipinski definition) is 0. The molecule has 136 valence electrons. The highest BCUT2D eigenvalue weighted by molar-refractivity contribution is 5.86. The molecule has 1 aliphatic carbocycles. The lowest BCUT2D eigenvalue weighted by molar-refractivity contribution is -0.129. The highest BCUT2D eigenvalue weighted by Crippen LogP contribution is 2.50. The quantitative estimate of drug-likeness (QED) is 0.766. The summed E-state index contributed by atoms with van der Waals surface area (Å²) in [7, 11) is 1.68. The molecule has 0 amide bonds. The maximum Gasteiger partial charge on any atom is 0.140 e. The van der Waals surface area contributed by atoms with Gasteiger partial charge >= 0.3 is 0 Å². The predicted molar refractivity (Wildman–Crippen MR) is 105 cm³/mol. The van der Waals surface area contributed by atoms with Crippen LogP contribution in [-0.4, -0.2) is 18.4 Å². The molecule has 1 aliphatic heterocycles. The van der Waals surface area contributed by atoms with Crippen LogP contribution in [0.4, 0.5) is 5.69 Å². The van der Waals surface area contributed by atoms with Gasteiger partial charge in [-0.05, 0) is 49.6 Å². The van der Waals surface area contributed by atoms with Gasteiger partial charge in [-0.15, -0.1) is 0 Å². The number of fused-ring (bicyclic) bond motifs is 1. The summed E-state index contributed by atoms with van der Waals surface area (Å²) in [5.41, 5.74) is 2.29. The third-order valence-electron chi connectivity index (χ3n) is 6.36. The fraction of sp³-hybridized carbons (Fsp3) is 0.435. The second kappa shape index (κ2) is 6.79. The number of rotatable bonds is 3. The standard InChI is InChI=1S/C23H27NO2/c1-23-15-7-6-10-20(23)22(25)16-21(17-11-13-19(26-2)14-12-17)24(23)18-8-4-3-5-9-18/h3-5,8-9,11-14,20-21H,6-7,10,15-16H2,1-2H3/t20-,21-,23-/m0/s1. The van der Waals surface area contributed by atoms with Crippen molar-refractivity contribution >= 4 is 11.5 Å². The highest BCUT2D eigenvalue weighted by atomic mass is 16.5. The Morgan fingerprint density at radius 1 is 1.04 bits per heavy atom. The Morgan fingerprint density at radius 2 is 1.77 bits per heavy atom. The Labute approximate surface area is 156 Å².